The molecule has 194 valence electrons. The van der Waals surface area contributed by atoms with Crippen LogP contribution < -0.4 is 19.5 Å². The van der Waals surface area contributed by atoms with Crippen LogP contribution in [0.25, 0.3) is 0 Å². The Kier molecular flexibility index (Phi) is 8.91. The third kappa shape index (κ3) is 6.03. The zero-order valence-corrected chi connectivity index (χ0v) is 22.2. The average Bonchev–Trinajstić information content (AvgIpc) is 2.91. The number of nitrogens with one attached hydrogen (secondary N) is 1. The minimum absolute atomic E-state index is 0.0955. The molecule has 0 bridgehead atoms. The number of carbonyl (C=O) groups is 1. The van der Waals surface area contributed by atoms with Crippen molar-refractivity contribution >= 4 is 23.3 Å². The predicted molar refractivity (Wildman–Crippen MR) is 143 cm³/mol. The van der Waals surface area contributed by atoms with Crippen LogP contribution in [-0.4, -0.2) is 56.0 Å². The number of hydrogen-bond donors (Lipinski definition) is 1. The Bertz CT molecular complexity index is 1050. The van der Waals surface area contributed by atoms with E-state index in [9.17, 15) is 4.79 Å². The molecular formula is C28H36N2O5S. The average molecular weight is 513 g/mol. The molecule has 0 aromatic heterocycles. The fourth-order valence-electron chi connectivity index (χ4n) is 5.03. The summed E-state index contributed by atoms with van der Waals surface area (Å²) >= 11 is 5.92. The van der Waals surface area contributed by atoms with Crippen molar-refractivity contribution in [2.75, 3.05) is 34.0 Å². The molecule has 36 heavy (non-hydrogen) atoms. The number of methoxy groups -OCH3 is 2. The van der Waals surface area contributed by atoms with E-state index in [1.165, 1.54) is 24.8 Å². The highest BCUT2D eigenvalue weighted by Gasteiger charge is 2.32. The first-order chi connectivity index (χ1) is 17.5. The lowest BCUT2D eigenvalue weighted by Crippen LogP contribution is -2.50. The smallest absolute Gasteiger partial charge is 0.338 e. The summed E-state index contributed by atoms with van der Waals surface area (Å²) in [6.45, 7) is 3.32. The van der Waals surface area contributed by atoms with Crippen LogP contribution in [0.1, 0.15) is 66.6 Å². The molecule has 1 atom stereocenters. The number of thiocarbonyl (C=S) groups is 1. The zero-order valence-electron chi connectivity index (χ0n) is 21.4. The lowest BCUT2D eigenvalue weighted by molar-refractivity contribution is 0.0526. The van der Waals surface area contributed by atoms with E-state index < -0.39 is 0 Å². The highest BCUT2D eigenvalue weighted by molar-refractivity contribution is 7.80. The monoisotopic (exact) mass is 512 g/mol. The fourth-order valence-corrected chi connectivity index (χ4v) is 5.42. The summed E-state index contributed by atoms with van der Waals surface area (Å²) in [7, 11) is 3.31. The van der Waals surface area contributed by atoms with Gasteiger partial charge in [-0.3, -0.25) is 0 Å². The van der Waals surface area contributed by atoms with Crippen LogP contribution in [0.3, 0.4) is 0 Å². The number of nitrogens with zero attached hydrogens (tertiary/aromatic N) is 1. The third-order valence-corrected chi connectivity index (χ3v) is 7.32. The molecule has 0 amide bonds. The highest BCUT2D eigenvalue weighted by Crippen LogP contribution is 2.38. The molecule has 0 spiro atoms. The minimum atomic E-state index is -0.336. The van der Waals surface area contributed by atoms with E-state index >= 15 is 0 Å². The van der Waals surface area contributed by atoms with Gasteiger partial charge in [0.1, 0.15) is 12.4 Å². The van der Waals surface area contributed by atoms with Gasteiger partial charge >= 0.3 is 5.97 Å². The van der Waals surface area contributed by atoms with Crippen molar-refractivity contribution in [3.63, 3.8) is 0 Å². The van der Waals surface area contributed by atoms with Crippen molar-refractivity contribution < 1.29 is 23.7 Å². The second-order valence-electron chi connectivity index (χ2n) is 9.21. The Labute approximate surface area is 219 Å². The van der Waals surface area contributed by atoms with Gasteiger partial charge in [-0.2, -0.15) is 0 Å². The maximum absolute atomic E-state index is 12.0. The van der Waals surface area contributed by atoms with Crippen LogP contribution in [0.15, 0.2) is 36.4 Å². The molecule has 0 radical (unpaired) electrons. The van der Waals surface area contributed by atoms with Crippen LogP contribution in [0.2, 0.25) is 0 Å². The largest absolute Gasteiger partial charge is 0.493 e. The molecule has 0 saturated heterocycles. The summed E-state index contributed by atoms with van der Waals surface area (Å²) in [5.74, 6) is 1.76. The Morgan fingerprint density at radius 1 is 1.06 bits per heavy atom. The number of fused-ring (bicyclic) bond motifs is 1. The summed E-state index contributed by atoms with van der Waals surface area (Å²) in [4.78, 5) is 14.2. The molecule has 1 heterocycles. The van der Waals surface area contributed by atoms with Gasteiger partial charge in [0.25, 0.3) is 0 Å². The summed E-state index contributed by atoms with van der Waals surface area (Å²) in [5.41, 5.74) is 2.83. The number of rotatable bonds is 8. The molecule has 1 N–H and O–H groups in total. The van der Waals surface area contributed by atoms with Gasteiger partial charge in [0.2, 0.25) is 0 Å². The summed E-state index contributed by atoms with van der Waals surface area (Å²) in [5, 5.41) is 4.40. The molecule has 1 aliphatic carbocycles. The number of benzene rings is 2. The second kappa shape index (κ2) is 12.3. The quantitative estimate of drug-likeness (QED) is 0.389. The summed E-state index contributed by atoms with van der Waals surface area (Å²) in [6.07, 6.45) is 6.96. The molecule has 1 fully saturated rings. The summed E-state index contributed by atoms with van der Waals surface area (Å²) < 4.78 is 22.5. The Morgan fingerprint density at radius 2 is 1.75 bits per heavy atom. The SMILES string of the molecule is CCOC(=O)c1ccc(OC[C@H]2c3cc(OC)c(OC)cc3CCN2C(=S)NC2CCCCC2)cc1. The minimum Gasteiger partial charge on any atom is -0.493 e. The lowest BCUT2D eigenvalue weighted by Gasteiger charge is -2.40. The second-order valence-corrected chi connectivity index (χ2v) is 9.59. The first-order valence-electron chi connectivity index (χ1n) is 12.8. The Balaban J connectivity index is 1.56. The molecule has 2 aromatic rings. The maximum atomic E-state index is 12.0. The topological polar surface area (TPSA) is 69.3 Å². The number of hydrogen-bond acceptors (Lipinski definition) is 6. The Hall–Kier alpha value is -3.00. The van der Waals surface area contributed by atoms with Gasteiger partial charge in [-0.25, -0.2) is 4.79 Å². The molecule has 0 unspecified atom stereocenters. The van der Waals surface area contributed by atoms with E-state index in [2.05, 4.69) is 16.3 Å². The molecule has 1 saturated carbocycles. The van der Waals surface area contributed by atoms with Crippen LogP contribution >= 0.6 is 12.2 Å². The Morgan fingerprint density at radius 3 is 2.42 bits per heavy atom. The van der Waals surface area contributed by atoms with Crippen molar-refractivity contribution in [1.29, 1.82) is 0 Å². The lowest BCUT2D eigenvalue weighted by atomic mass is 9.92. The first-order valence-corrected chi connectivity index (χ1v) is 13.2. The van der Waals surface area contributed by atoms with Crippen molar-refractivity contribution in [3.05, 3.63) is 53.1 Å². The molecular weight excluding hydrogens is 476 g/mol. The van der Waals surface area contributed by atoms with Gasteiger partial charge in [-0.1, -0.05) is 19.3 Å². The molecule has 1 aliphatic heterocycles. The fraction of sp³-hybridized carbons (Fsp3) is 0.500. The molecule has 2 aliphatic rings. The van der Waals surface area contributed by atoms with Gasteiger partial charge < -0.3 is 29.2 Å². The molecule has 7 nitrogen and oxygen atoms in total. The van der Waals surface area contributed by atoms with E-state index in [1.807, 2.05) is 6.07 Å². The van der Waals surface area contributed by atoms with E-state index in [4.69, 9.17) is 31.2 Å². The van der Waals surface area contributed by atoms with Crippen LogP contribution in [0.5, 0.6) is 17.2 Å². The standard InChI is InChI=1S/C28H36N2O5S/c1-4-34-27(31)19-10-12-22(13-11-19)35-18-24-23-17-26(33-3)25(32-2)16-20(23)14-15-30(24)28(36)29-21-8-6-5-7-9-21/h10-13,16-17,21,24H,4-9,14-15,18H2,1-3H3,(H,29,36)/t24-/m0/s1. The van der Waals surface area contributed by atoms with Crippen molar-refractivity contribution in [1.82, 2.24) is 10.2 Å². The molecule has 8 heteroatoms. The van der Waals surface area contributed by atoms with E-state index in [0.29, 0.717) is 36.3 Å². The van der Waals surface area contributed by atoms with E-state index in [0.717, 1.165) is 42.2 Å². The van der Waals surface area contributed by atoms with E-state index in [-0.39, 0.29) is 12.0 Å². The number of ether oxygens (including phenoxy) is 4. The molecule has 2 aromatic carbocycles. The van der Waals surface area contributed by atoms with E-state index in [1.54, 1.807) is 45.4 Å². The van der Waals surface area contributed by atoms with Gasteiger partial charge in [0.05, 0.1) is 32.4 Å². The van der Waals surface area contributed by atoms with Crippen LogP contribution in [-0.2, 0) is 11.2 Å². The predicted octanol–water partition coefficient (Wildman–Crippen LogP) is 5.07. The maximum Gasteiger partial charge on any atom is 0.338 e. The third-order valence-electron chi connectivity index (χ3n) is 6.97. The van der Waals surface area contributed by atoms with Crippen molar-refractivity contribution in [2.45, 2.75) is 57.5 Å². The van der Waals surface area contributed by atoms with Crippen molar-refractivity contribution in [2.24, 2.45) is 0 Å². The van der Waals surface area contributed by atoms with Gasteiger partial charge in [0.15, 0.2) is 16.6 Å². The summed E-state index contributed by atoms with van der Waals surface area (Å²) in [6, 6.07) is 11.5. The van der Waals surface area contributed by atoms with Crippen molar-refractivity contribution in [3.8, 4) is 17.2 Å². The van der Waals surface area contributed by atoms with Gasteiger partial charge in [-0.05, 0) is 85.9 Å². The van der Waals surface area contributed by atoms with Gasteiger partial charge in [0, 0.05) is 12.6 Å². The normalized spacial score (nSPS) is 17.6. The number of carbonyl (C=O) groups excluding carboxylic acids is 1. The van der Waals surface area contributed by atoms with Crippen LogP contribution in [0.4, 0.5) is 0 Å². The zero-order chi connectivity index (χ0) is 25.5. The highest BCUT2D eigenvalue weighted by atomic mass is 32.1. The van der Waals surface area contributed by atoms with Crippen LogP contribution in [0, 0.1) is 0 Å². The first kappa shape index (κ1) is 26.1. The molecule has 4 rings (SSSR count). The number of esters is 1. The van der Waals surface area contributed by atoms with Gasteiger partial charge in [-0.15, -0.1) is 0 Å².